The molecule has 0 saturated carbocycles. The molecule has 1 fully saturated rings. The highest BCUT2D eigenvalue weighted by Crippen LogP contribution is 2.05. The van der Waals surface area contributed by atoms with Crippen molar-refractivity contribution in [1.82, 2.24) is 10.6 Å². The topological polar surface area (TPSA) is 50.4 Å². The molecule has 2 rings (SSSR count). The van der Waals surface area contributed by atoms with Crippen molar-refractivity contribution in [2.45, 2.75) is 25.5 Å². The average Bonchev–Trinajstić information content (AvgIpc) is 2.39. The zero-order chi connectivity index (χ0) is 13.7. The number of carbonyl (C=O) groups is 1. The third-order valence-corrected chi connectivity index (χ3v) is 3.20. The van der Waals surface area contributed by atoms with Gasteiger partial charge in [0.15, 0.2) is 0 Å². The summed E-state index contributed by atoms with van der Waals surface area (Å²) in [4.78, 5) is 11.9. The maximum Gasteiger partial charge on any atom is 0.239 e. The van der Waals surface area contributed by atoms with Crippen LogP contribution in [0, 0.1) is 5.82 Å². The number of rotatable bonds is 4. The number of halogens is 1. The Balaban J connectivity index is 1.77. The number of benzene rings is 1. The summed E-state index contributed by atoms with van der Waals surface area (Å²) < 4.78 is 18.4. The van der Waals surface area contributed by atoms with Gasteiger partial charge in [-0.05, 0) is 31.0 Å². The van der Waals surface area contributed by atoms with Crippen LogP contribution in [0.3, 0.4) is 0 Å². The van der Waals surface area contributed by atoms with Gasteiger partial charge < -0.3 is 15.4 Å². The minimum Gasteiger partial charge on any atom is -0.375 e. The highest BCUT2D eigenvalue weighted by Gasteiger charge is 2.27. The lowest BCUT2D eigenvalue weighted by molar-refractivity contribution is -0.128. The zero-order valence-electron chi connectivity index (χ0n) is 11.0. The predicted molar refractivity (Wildman–Crippen MR) is 70.3 cm³/mol. The highest BCUT2D eigenvalue weighted by molar-refractivity contribution is 5.82. The molecule has 4 nitrogen and oxygen atoms in total. The summed E-state index contributed by atoms with van der Waals surface area (Å²) >= 11 is 0. The van der Waals surface area contributed by atoms with Crippen molar-refractivity contribution in [3.8, 4) is 0 Å². The van der Waals surface area contributed by atoms with Crippen molar-refractivity contribution in [2.24, 2.45) is 0 Å². The molecule has 0 bridgehead atoms. The first-order chi connectivity index (χ1) is 9.16. The van der Waals surface area contributed by atoms with Gasteiger partial charge in [-0.2, -0.15) is 0 Å². The maximum absolute atomic E-state index is 13.0. The van der Waals surface area contributed by atoms with Crippen molar-refractivity contribution in [3.63, 3.8) is 0 Å². The van der Waals surface area contributed by atoms with Gasteiger partial charge in [-0.1, -0.05) is 12.1 Å². The molecule has 1 aliphatic heterocycles. The van der Waals surface area contributed by atoms with Gasteiger partial charge in [-0.15, -0.1) is 0 Å². The van der Waals surface area contributed by atoms with Crippen LogP contribution in [0.5, 0.6) is 0 Å². The Hall–Kier alpha value is -1.46. The van der Waals surface area contributed by atoms with Gasteiger partial charge in [0.25, 0.3) is 0 Å². The van der Waals surface area contributed by atoms with E-state index in [0.717, 1.165) is 5.56 Å². The molecule has 0 aromatic heterocycles. The van der Waals surface area contributed by atoms with Gasteiger partial charge in [0.1, 0.15) is 11.9 Å². The van der Waals surface area contributed by atoms with Gasteiger partial charge in [-0.3, -0.25) is 4.79 Å². The summed E-state index contributed by atoms with van der Waals surface area (Å²) in [6.45, 7) is 3.69. The largest absolute Gasteiger partial charge is 0.375 e. The minimum atomic E-state index is -0.304. The molecule has 1 amide bonds. The lowest BCUT2D eigenvalue weighted by atomic mass is 10.1. The molecule has 0 unspecified atom stereocenters. The number of morpholine rings is 1. The Bertz CT molecular complexity index is 439. The van der Waals surface area contributed by atoms with E-state index in [2.05, 4.69) is 10.6 Å². The first-order valence-electron chi connectivity index (χ1n) is 6.54. The SMILES string of the molecule is C[C@H]1OCCN[C@@H]1C(=O)NCCc1cccc(F)c1. The van der Waals surface area contributed by atoms with E-state index in [1.807, 2.05) is 13.0 Å². The number of nitrogens with one attached hydrogen (secondary N) is 2. The summed E-state index contributed by atoms with van der Waals surface area (Å²) in [5, 5.41) is 5.98. The van der Waals surface area contributed by atoms with E-state index < -0.39 is 0 Å². The van der Waals surface area contributed by atoms with Crippen molar-refractivity contribution in [3.05, 3.63) is 35.6 Å². The van der Waals surface area contributed by atoms with Gasteiger partial charge in [-0.25, -0.2) is 4.39 Å². The molecule has 1 aromatic carbocycles. The maximum atomic E-state index is 13.0. The standard InChI is InChI=1S/C14H19FN2O2/c1-10-13(16-7-8-19-10)14(18)17-6-5-11-3-2-4-12(15)9-11/h2-4,9-10,13,16H,5-8H2,1H3,(H,17,18)/t10-,13+/m1/s1. The summed E-state index contributed by atoms with van der Waals surface area (Å²) in [5.41, 5.74) is 0.876. The number of carbonyl (C=O) groups excluding carboxylic acids is 1. The monoisotopic (exact) mass is 266 g/mol. The summed E-state index contributed by atoms with van der Waals surface area (Å²) in [6.07, 6.45) is 0.494. The molecule has 0 spiro atoms. The first-order valence-corrected chi connectivity index (χ1v) is 6.54. The second kappa shape index (κ2) is 6.63. The molecule has 1 heterocycles. The van der Waals surface area contributed by atoms with Crippen LogP contribution in [0.4, 0.5) is 4.39 Å². The molecule has 2 atom stereocenters. The fraction of sp³-hybridized carbons (Fsp3) is 0.500. The van der Waals surface area contributed by atoms with Crippen molar-refractivity contribution < 1.29 is 13.9 Å². The van der Waals surface area contributed by atoms with Crippen LogP contribution in [-0.2, 0) is 16.0 Å². The third kappa shape index (κ3) is 4.01. The zero-order valence-corrected chi connectivity index (χ0v) is 11.0. The van der Waals surface area contributed by atoms with Crippen molar-refractivity contribution in [1.29, 1.82) is 0 Å². The first kappa shape index (κ1) is 14.0. The Kier molecular flexibility index (Phi) is 4.87. The van der Waals surface area contributed by atoms with E-state index in [4.69, 9.17) is 4.74 Å². The van der Waals surface area contributed by atoms with Crippen LogP contribution in [0.2, 0.25) is 0 Å². The molecular weight excluding hydrogens is 247 g/mol. The molecule has 2 N–H and O–H groups in total. The quantitative estimate of drug-likeness (QED) is 0.850. The van der Waals surface area contributed by atoms with E-state index in [9.17, 15) is 9.18 Å². The fourth-order valence-electron chi connectivity index (χ4n) is 2.16. The molecule has 1 aliphatic rings. The second-order valence-electron chi connectivity index (χ2n) is 4.68. The van der Waals surface area contributed by atoms with Crippen LogP contribution >= 0.6 is 0 Å². The van der Waals surface area contributed by atoms with E-state index >= 15 is 0 Å². The van der Waals surface area contributed by atoms with E-state index in [0.29, 0.717) is 26.1 Å². The molecule has 5 heteroatoms. The highest BCUT2D eigenvalue weighted by atomic mass is 19.1. The molecule has 0 radical (unpaired) electrons. The normalized spacial score (nSPS) is 23.1. The summed E-state index contributed by atoms with van der Waals surface area (Å²) in [7, 11) is 0. The van der Waals surface area contributed by atoms with Crippen LogP contribution in [0.1, 0.15) is 12.5 Å². The Morgan fingerprint density at radius 1 is 1.58 bits per heavy atom. The van der Waals surface area contributed by atoms with E-state index in [1.165, 1.54) is 12.1 Å². The van der Waals surface area contributed by atoms with Crippen LogP contribution in [-0.4, -0.2) is 37.7 Å². The summed E-state index contributed by atoms with van der Waals surface area (Å²) in [6, 6.07) is 6.11. The number of hydrogen-bond donors (Lipinski definition) is 2. The molecule has 104 valence electrons. The molecular formula is C14H19FN2O2. The molecule has 0 aliphatic carbocycles. The Labute approximate surface area is 112 Å². The van der Waals surface area contributed by atoms with Crippen LogP contribution < -0.4 is 10.6 Å². The van der Waals surface area contributed by atoms with Crippen molar-refractivity contribution in [2.75, 3.05) is 19.7 Å². The van der Waals surface area contributed by atoms with Gasteiger partial charge in [0.2, 0.25) is 5.91 Å². The minimum absolute atomic E-state index is 0.0661. The van der Waals surface area contributed by atoms with E-state index in [-0.39, 0.29) is 23.9 Å². The summed E-state index contributed by atoms with van der Waals surface area (Å²) in [5.74, 6) is -0.316. The average molecular weight is 266 g/mol. The lowest BCUT2D eigenvalue weighted by Crippen LogP contribution is -2.55. The molecule has 19 heavy (non-hydrogen) atoms. The number of ether oxygens (including phenoxy) is 1. The Morgan fingerprint density at radius 3 is 3.16 bits per heavy atom. The van der Waals surface area contributed by atoms with Crippen LogP contribution in [0.15, 0.2) is 24.3 Å². The number of hydrogen-bond acceptors (Lipinski definition) is 3. The Morgan fingerprint density at radius 2 is 2.42 bits per heavy atom. The van der Waals surface area contributed by atoms with Gasteiger partial charge >= 0.3 is 0 Å². The van der Waals surface area contributed by atoms with Gasteiger partial charge in [0, 0.05) is 13.1 Å². The molecule has 1 aromatic rings. The van der Waals surface area contributed by atoms with Crippen molar-refractivity contribution >= 4 is 5.91 Å². The molecule has 1 saturated heterocycles. The van der Waals surface area contributed by atoms with Gasteiger partial charge in [0.05, 0.1) is 12.7 Å². The predicted octanol–water partition coefficient (Wildman–Crippen LogP) is 0.861. The third-order valence-electron chi connectivity index (χ3n) is 3.20. The van der Waals surface area contributed by atoms with Crippen LogP contribution in [0.25, 0.3) is 0 Å². The number of amides is 1. The lowest BCUT2D eigenvalue weighted by Gasteiger charge is -2.29. The van der Waals surface area contributed by atoms with E-state index in [1.54, 1.807) is 6.07 Å². The second-order valence-corrected chi connectivity index (χ2v) is 4.68. The fourth-order valence-corrected chi connectivity index (χ4v) is 2.16. The smallest absolute Gasteiger partial charge is 0.239 e.